The molecular formula is C9H19NO. The molecule has 0 bridgehead atoms. The van der Waals surface area contributed by atoms with Crippen molar-refractivity contribution < 1.29 is 4.79 Å². The summed E-state index contributed by atoms with van der Waals surface area (Å²) in [6.45, 7) is 6.09. The molecule has 0 spiro atoms. The zero-order valence-electron chi connectivity index (χ0n) is 7.76. The van der Waals surface area contributed by atoms with Gasteiger partial charge < -0.3 is 5.73 Å². The first-order valence-corrected chi connectivity index (χ1v) is 4.41. The van der Waals surface area contributed by atoms with Crippen molar-refractivity contribution in [1.82, 2.24) is 0 Å². The monoisotopic (exact) mass is 157 g/mol. The number of ketones is 1. The largest absolute Gasteiger partial charge is 0.321 e. The maximum absolute atomic E-state index is 11.2. The summed E-state index contributed by atoms with van der Waals surface area (Å²) in [5, 5.41) is 0. The summed E-state index contributed by atoms with van der Waals surface area (Å²) in [6, 6.07) is -0.236. The molecule has 0 aliphatic rings. The van der Waals surface area contributed by atoms with Gasteiger partial charge in [0, 0.05) is 6.42 Å². The molecule has 2 heteroatoms. The third-order valence-electron chi connectivity index (χ3n) is 2.13. The highest BCUT2D eigenvalue weighted by Crippen LogP contribution is 2.08. The summed E-state index contributed by atoms with van der Waals surface area (Å²) < 4.78 is 0. The topological polar surface area (TPSA) is 43.1 Å². The lowest BCUT2D eigenvalue weighted by molar-refractivity contribution is -0.121. The van der Waals surface area contributed by atoms with Crippen LogP contribution in [0, 0.1) is 5.92 Å². The van der Waals surface area contributed by atoms with Gasteiger partial charge in [-0.2, -0.15) is 0 Å². The van der Waals surface area contributed by atoms with Crippen LogP contribution in [0.5, 0.6) is 0 Å². The van der Waals surface area contributed by atoms with Crippen LogP contribution in [-0.2, 0) is 4.79 Å². The highest BCUT2D eigenvalue weighted by molar-refractivity contribution is 5.83. The third-order valence-corrected chi connectivity index (χ3v) is 2.13. The highest BCUT2D eigenvalue weighted by Gasteiger charge is 2.17. The SMILES string of the molecule is CCCC(=O)C(N)[C@@H](C)CC. The van der Waals surface area contributed by atoms with Crippen LogP contribution in [0.1, 0.15) is 40.0 Å². The Morgan fingerprint density at radius 1 is 1.45 bits per heavy atom. The quantitative estimate of drug-likeness (QED) is 0.660. The summed E-state index contributed by atoms with van der Waals surface area (Å²) in [4.78, 5) is 11.2. The minimum Gasteiger partial charge on any atom is -0.321 e. The van der Waals surface area contributed by atoms with Crippen molar-refractivity contribution in [2.75, 3.05) is 0 Å². The van der Waals surface area contributed by atoms with Crippen LogP contribution in [0.2, 0.25) is 0 Å². The van der Waals surface area contributed by atoms with Crippen molar-refractivity contribution in [3.05, 3.63) is 0 Å². The van der Waals surface area contributed by atoms with E-state index in [9.17, 15) is 4.79 Å². The fourth-order valence-corrected chi connectivity index (χ4v) is 0.984. The van der Waals surface area contributed by atoms with Gasteiger partial charge in [0.1, 0.15) is 5.78 Å². The molecule has 0 fully saturated rings. The second-order valence-electron chi connectivity index (χ2n) is 3.13. The molecule has 2 nitrogen and oxygen atoms in total. The Morgan fingerprint density at radius 2 is 2.00 bits per heavy atom. The maximum Gasteiger partial charge on any atom is 0.149 e. The van der Waals surface area contributed by atoms with Gasteiger partial charge in [-0.05, 0) is 12.3 Å². The van der Waals surface area contributed by atoms with E-state index in [0.29, 0.717) is 12.3 Å². The van der Waals surface area contributed by atoms with Gasteiger partial charge in [-0.25, -0.2) is 0 Å². The van der Waals surface area contributed by atoms with Crippen molar-refractivity contribution in [2.45, 2.75) is 46.1 Å². The van der Waals surface area contributed by atoms with Gasteiger partial charge in [0.15, 0.2) is 0 Å². The summed E-state index contributed by atoms with van der Waals surface area (Å²) in [5.41, 5.74) is 5.71. The molecule has 66 valence electrons. The van der Waals surface area contributed by atoms with E-state index in [1.54, 1.807) is 0 Å². The number of Topliss-reactive ketones (excluding diaryl/α,β-unsaturated/α-hetero) is 1. The van der Waals surface area contributed by atoms with Crippen LogP contribution in [0.25, 0.3) is 0 Å². The van der Waals surface area contributed by atoms with E-state index >= 15 is 0 Å². The number of hydrogen-bond acceptors (Lipinski definition) is 2. The first-order valence-electron chi connectivity index (χ1n) is 4.41. The first kappa shape index (κ1) is 10.6. The molecule has 0 aliphatic heterocycles. The maximum atomic E-state index is 11.2. The van der Waals surface area contributed by atoms with Crippen LogP contribution in [-0.4, -0.2) is 11.8 Å². The van der Waals surface area contributed by atoms with Crippen LogP contribution in [0.15, 0.2) is 0 Å². The van der Waals surface area contributed by atoms with Gasteiger partial charge in [0.25, 0.3) is 0 Å². The molecule has 0 aromatic heterocycles. The van der Waals surface area contributed by atoms with Crippen molar-refractivity contribution >= 4 is 5.78 Å². The zero-order valence-corrected chi connectivity index (χ0v) is 7.76. The number of hydrogen-bond donors (Lipinski definition) is 1. The Morgan fingerprint density at radius 3 is 2.36 bits per heavy atom. The Hall–Kier alpha value is -0.370. The van der Waals surface area contributed by atoms with Crippen molar-refractivity contribution in [1.29, 1.82) is 0 Å². The van der Waals surface area contributed by atoms with Gasteiger partial charge in [-0.3, -0.25) is 4.79 Å². The Bertz CT molecular complexity index is 123. The van der Waals surface area contributed by atoms with Gasteiger partial charge in [0.2, 0.25) is 0 Å². The van der Waals surface area contributed by atoms with E-state index in [2.05, 4.69) is 6.92 Å². The molecule has 0 heterocycles. The number of rotatable bonds is 5. The summed E-state index contributed by atoms with van der Waals surface area (Å²) in [5.74, 6) is 0.538. The predicted octanol–water partition coefficient (Wildman–Crippen LogP) is 1.73. The van der Waals surface area contributed by atoms with Crippen molar-refractivity contribution in [3.63, 3.8) is 0 Å². The number of carbonyl (C=O) groups excluding carboxylic acids is 1. The van der Waals surface area contributed by atoms with Gasteiger partial charge in [0.05, 0.1) is 6.04 Å². The molecule has 0 aromatic rings. The van der Waals surface area contributed by atoms with Crippen LogP contribution < -0.4 is 5.73 Å². The molecule has 0 aliphatic carbocycles. The van der Waals surface area contributed by atoms with Gasteiger partial charge in [-0.15, -0.1) is 0 Å². The zero-order chi connectivity index (χ0) is 8.85. The van der Waals surface area contributed by atoms with Crippen LogP contribution in [0.3, 0.4) is 0 Å². The van der Waals surface area contributed by atoms with Crippen molar-refractivity contribution in [2.24, 2.45) is 11.7 Å². The average Bonchev–Trinajstić information content (AvgIpc) is 2.02. The average molecular weight is 157 g/mol. The van der Waals surface area contributed by atoms with E-state index in [-0.39, 0.29) is 11.8 Å². The molecule has 0 rings (SSSR count). The van der Waals surface area contributed by atoms with E-state index in [1.807, 2.05) is 13.8 Å². The summed E-state index contributed by atoms with van der Waals surface area (Å²) in [6.07, 6.45) is 2.52. The highest BCUT2D eigenvalue weighted by atomic mass is 16.1. The Kier molecular flexibility index (Phi) is 5.12. The Labute approximate surface area is 69.2 Å². The molecule has 0 saturated heterocycles. The minimum absolute atomic E-state index is 0.210. The fraction of sp³-hybridized carbons (Fsp3) is 0.889. The second kappa shape index (κ2) is 5.30. The third kappa shape index (κ3) is 3.51. The number of carbonyl (C=O) groups is 1. The van der Waals surface area contributed by atoms with E-state index < -0.39 is 0 Å². The molecule has 0 aromatic carbocycles. The lowest BCUT2D eigenvalue weighted by atomic mass is 9.94. The van der Waals surface area contributed by atoms with Gasteiger partial charge >= 0.3 is 0 Å². The lowest BCUT2D eigenvalue weighted by Gasteiger charge is -2.16. The normalized spacial score (nSPS) is 16.0. The molecule has 0 saturated carbocycles. The number of nitrogens with two attached hydrogens (primary N) is 1. The van der Waals surface area contributed by atoms with E-state index in [0.717, 1.165) is 12.8 Å². The standard InChI is InChI=1S/C9H19NO/c1-4-6-8(11)9(10)7(3)5-2/h7,9H,4-6,10H2,1-3H3/t7-,9?/m0/s1. The van der Waals surface area contributed by atoms with Crippen molar-refractivity contribution in [3.8, 4) is 0 Å². The van der Waals surface area contributed by atoms with Crippen LogP contribution >= 0.6 is 0 Å². The molecule has 2 atom stereocenters. The first-order chi connectivity index (χ1) is 5.13. The Balaban J connectivity index is 3.80. The molecule has 1 unspecified atom stereocenters. The second-order valence-corrected chi connectivity index (χ2v) is 3.13. The fourth-order valence-electron chi connectivity index (χ4n) is 0.984. The van der Waals surface area contributed by atoms with E-state index in [1.165, 1.54) is 0 Å². The summed E-state index contributed by atoms with van der Waals surface area (Å²) in [7, 11) is 0. The smallest absolute Gasteiger partial charge is 0.149 e. The molecular weight excluding hydrogens is 138 g/mol. The summed E-state index contributed by atoms with van der Waals surface area (Å²) >= 11 is 0. The van der Waals surface area contributed by atoms with E-state index in [4.69, 9.17) is 5.73 Å². The predicted molar refractivity (Wildman–Crippen MR) is 47.3 cm³/mol. The molecule has 0 amide bonds. The molecule has 2 N–H and O–H groups in total. The lowest BCUT2D eigenvalue weighted by Crippen LogP contribution is -2.36. The van der Waals surface area contributed by atoms with Crippen LogP contribution in [0.4, 0.5) is 0 Å². The molecule has 11 heavy (non-hydrogen) atoms. The molecule has 0 radical (unpaired) electrons. The van der Waals surface area contributed by atoms with Gasteiger partial charge in [-0.1, -0.05) is 27.2 Å². The minimum atomic E-state index is -0.236.